The van der Waals surface area contributed by atoms with Crippen LogP contribution in [-0.2, 0) is 14.8 Å². The quantitative estimate of drug-likeness (QED) is 0.836. The second-order valence-corrected chi connectivity index (χ2v) is 8.40. The lowest BCUT2D eigenvalue weighted by atomic mass is 9.95. The summed E-state index contributed by atoms with van der Waals surface area (Å²) >= 11 is 0. The molecule has 2 aliphatic rings. The molecule has 0 aliphatic carbocycles. The second kappa shape index (κ2) is 7.19. The first-order valence-electron chi connectivity index (χ1n) is 8.53. The van der Waals surface area contributed by atoms with Gasteiger partial charge in [0.25, 0.3) is 0 Å². The number of rotatable bonds is 3. The maximum atomic E-state index is 13.8. The number of nitrogens with zero attached hydrogens (tertiary/aromatic N) is 2. The van der Waals surface area contributed by atoms with Crippen molar-refractivity contribution in [2.75, 3.05) is 26.2 Å². The van der Waals surface area contributed by atoms with E-state index in [1.807, 2.05) is 4.90 Å². The highest BCUT2D eigenvalue weighted by Gasteiger charge is 2.34. The summed E-state index contributed by atoms with van der Waals surface area (Å²) in [6.07, 6.45) is 4.27. The topological polar surface area (TPSA) is 57.7 Å². The first-order chi connectivity index (χ1) is 11.5. The molecule has 132 valence electrons. The van der Waals surface area contributed by atoms with Crippen molar-refractivity contribution in [3.8, 4) is 0 Å². The Hall–Kier alpha value is -1.47. The number of benzene rings is 1. The Morgan fingerprint density at radius 1 is 1.00 bits per heavy atom. The van der Waals surface area contributed by atoms with Crippen molar-refractivity contribution in [1.82, 2.24) is 9.21 Å². The molecule has 2 aliphatic heterocycles. The maximum absolute atomic E-state index is 13.8. The molecule has 0 bridgehead atoms. The highest BCUT2D eigenvalue weighted by molar-refractivity contribution is 7.89. The lowest BCUT2D eigenvalue weighted by Gasteiger charge is -2.35. The fourth-order valence-electron chi connectivity index (χ4n) is 3.51. The normalized spacial score (nSPS) is 21.0. The van der Waals surface area contributed by atoms with Gasteiger partial charge in [0.2, 0.25) is 15.9 Å². The minimum Gasteiger partial charge on any atom is -0.342 e. The molecule has 1 aromatic rings. The Labute approximate surface area is 142 Å². The van der Waals surface area contributed by atoms with E-state index in [1.54, 1.807) is 0 Å². The Balaban J connectivity index is 1.64. The molecular formula is C17H23FN2O3S. The van der Waals surface area contributed by atoms with E-state index < -0.39 is 15.8 Å². The summed E-state index contributed by atoms with van der Waals surface area (Å²) in [4.78, 5) is 14.2. The van der Waals surface area contributed by atoms with Gasteiger partial charge in [-0.1, -0.05) is 12.1 Å². The van der Waals surface area contributed by atoms with E-state index in [1.165, 1.54) is 28.9 Å². The second-order valence-electron chi connectivity index (χ2n) is 6.49. The molecule has 0 N–H and O–H groups in total. The van der Waals surface area contributed by atoms with Crippen molar-refractivity contribution >= 4 is 15.9 Å². The van der Waals surface area contributed by atoms with Crippen LogP contribution < -0.4 is 0 Å². The number of hydrogen-bond acceptors (Lipinski definition) is 3. The average Bonchev–Trinajstić information content (AvgIpc) is 2.62. The summed E-state index contributed by atoms with van der Waals surface area (Å²) < 4.78 is 40.3. The molecule has 0 unspecified atom stereocenters. The van der Waals surface area contributed by atoms with E-state index in [4.69, 9.17) is 0 Å². The predicted molar refractivity (Wildman–Crippen MR) is 88.3 cm³/mol. The number of likely N-dealkylation sites (tertiary alicyclic amines) is 1. The third-order valence-electron chi connectivity index (χ3n) is 4.93. The molecule has 2 fully saturated rings. The zero-order valence-corrected chi connectivity index (χ0v) is 14.5. The smallest absolute Gasteiger partial charge is 0.245 e. The number of amides is 1. The van der Waals surface area contributed by atoms with Crippen molar-refractivity contribution in [1.29, 1.82) is 0 Å². The molecule has 5 nitrogen and oxygen atoms in total. The van der Waals surface area contributed by atoms with Crippen LogP contribution in [0.15, 0.2) is 29.2 Å². The van der Waals surface area contributed by atoms with E-state index in [9.17, 15) is 17.6 Å². The van der Waals surface area contributed by atoms with E-state index in [0.29, 0.717) is 12.8 Å². The van der Waals surface area contributed by atoms with Crippen LogP contribution in [0.25, 0.3) is 0 Å². The maximum Gasteiger partial charge on any atom is 0.245 e. The number of hydrogen-bond donors (Lipinski definition) is 0. The SMILES string of the molecule is O=C(C1CCN(S(=O)(=O)c2ccccc2F)CC1)N1CCCCC1. The number of halogens is 1. The summed E-state index contributed by atoms with van der Waals surface area (Å²) in [5.41, 5.74) is 0. The zero-order chi connectivity index (χ0) is 17.2. The molecule has 0 radical (unpaired) electrons. The van der Waals surface area contributed by atoms with Gasteiger partial charge < -0.3 is 4.90 Å². The molecule has 7 heteroatoms. The summed E-state index contributed by atoms with van der Waals surface area (Å²) in [5, 5.41) is 0. The van der Waals surface area contributed by atoms with Gasteiger partial charge in [0.05, 0.1) is 0 Å². The minimum atomic E-state index is -3.83. The molecule has 0 aromatic heterocycles. The van der Waals surface area contributed by atoms with Gasteiger partial charge in [-0.25, -0.2) is 12.8 Å². The molecule has 0 saturated carbocycles. The van der Waals surface area contributed by atoms with Gasteiger partial charge in [0.15, 0.2) is 0 Å². The Bertz CT molecular complexity index is 694. The van der Waals surface area contributed by atoms with Gasteiger partial charge in [-0.15, -0.1) is 0 Å². The highest BCUT2D eigenvalue weighted by atomic mass is 32.2. The van der Waals surface area contributed by atoms with Gasteiger partial charge >= 0.3 is 0 Å². The summed E-state index contributed by atoms with van der Waals surface area (Å²) in [5.74, 6) is -0.697. The van der Waals surface area contributed by atoms with Gasteiger partial charge in [-0.05, 0) is 44.2 Å². The van der Waals surface area contributed by atoms with Gasteiger partial charge in [-0.2, -0.15) is 4.31 Å². The minimum absolute atomic E-state index is 0.116. The lowest BCUT2D eigenvalue weighted by molar-refractivity contribution is -0.137. The van der Waals surface area contributed by atoms with E-state index >= 15 is 0 Å². The Morgan fingerprint density at radius 2 is 1.62 bits per heavy atom. The number of carbonyl (C=O) groups is 1. The van der Waals surface area contributed by atoms with Crippen LogP contribution in [0.1, 0.15) is 32.1 Å². The van der Waals surface area contributed by atoms with Crippen molar-refractivity contribution in [3.63, 3.8) is 0 Å². The number of piperidine rings is 2. The largest absolute Gasteiger partial charge is 0.342 e. The summed E-state index contributed by atoms with van der Waals surface area (Å²) in [6.45, 7) is 2.15. The lowest BCUT2D eigenvalue weighted by Crippen LogP contribution is -2.45. The number of sulfonamides is 1. The molecule has 3 rings (SSSR count). The third-order valence-corrected chi connectivity index (χ3v) is 6.86. The van der Waals surface area contributed by atoms with Crippen LogP contribution in [0.3, 0.4) is 0 Å². The van der Waals surface area contributed by atoms with Gasteiger partial charge in [0, 0.05) is 32.1 Å². The van der Waals surface area contributed by atoms with Crippen LogP contribution in [0.4, 0.5) is 4.39 Å². The first kappa shape index (κ1) is 17.4. The molecule has 0 spiro atoms. The standard InChI is InChI=1S/C17H23FN2O3S/c18-15-6-2-3-7-16(15)24(22,23)20-12-8-14(9-13-20)17(21)19-10-4-1-5-11-19/h2-3,6-7,14H,1,4-5,8-13H2. The predicted octanol–water partition coefficient (Wildman–Crippen LogP) is 2.24. The zero-order valence-electron chi connectivity index (χ0n) is 13.7. The van der Waals surface area contributed by atoms with Crippen molar-refractivity contribution < 1.29 is 17.6 Å². The highest BCUT2D eigenvalue weighted by Crippen LogP contribution is 2.27. The van der Waals surface area contributed by atoms with Crippen LogP contribution in [0.5, 0.6) is 0 Å². The monoisotopic (exact) mass is 354 g/mol. The molecule has 24 heavy (non-hydrogen) atoms. The Kier molecular flexibility index (Phi) is 5.20. The van der Waals surface area contributed by atoms with Gasteiger partial charge in [-0.3, -0.25) is 4.79 Å². The van der Waals surface area contributed by atoms with Gasteiger partial charge in [0.1, 0.15) is 10.7 Å². The van der Waals surface area contributed by atoms with Crippen LogP contribution in [0, 0.1) is 11.7 Å². The molecule has 1 amide bonds. The van der Waals surface area contributed by atoms with E-state index in [0.717, 1.165) is 32.0 Å². The van der Waals surface area contributed by atoms with Crippen LogP contribution in [0.2, 0.25) is 0 Å². The molecular weight excluding hydrogens is 331 g/mol. The molecule has 2 saturated heterocycles. The van der Waals surface area contributed by atoms with Crippen LogP contribution in [-0.4, -0.2) is 49.7 Å². The van der Waals surface area contributed by atoms with Crippen molar-refractivity contribution in [3.05, 3.63) is 30.1 Å². The van der Waals surface area contributed by atoms with Crippen LogP contribution >= 0.6 is 0 Å². The Morgan fingerprint density at radius 3 is 2.25 bits per heavy atom. The first-order valence-corrected chi connectivity index (χ1v) is 9.97. The average molecular weight is 354 g/mol. The fraction of sp³-hybridized carbons (Fsp3) is 0.588. The van der Waals surface area contributed by atoms with E-state index in [2.05, 4.69) is 0 Å². The third kappa shape index (κ3) is 3.47. The summed E-state index contributed by atoms with van der Waals surface area (Å²) in [6, 6.07) is 5.43. The fourth-order valence-corrected chi connectivity index (χ4v) is 5.04. The molecule has 0 atom stereocenters. The molecule has 2 heterocycles. The molecule has 1 aromatic carbocycles. The van der Waals surface area contributed by atoms with Crippen molar-refractivity contribution in [2.24, 2.45) is 5.92 Å². The van der Waals surface area contributed by atoms with E-state index in [-0.39, 0.29) is 29.8 Å². The number of carbonyl (C=O) groups excluding carboxylic acids is 1. The summed E-state index contributed by atoms with van der Waals surface area (Å²) in [7, 11) is -3.83. The van der Waals surface area contributed by atoms with Crippen molar-refractivity contribution in [2.45, 2.75) is 37.0 Å².